The molecule has 0 spiro atoms. The second-order valence-electron chi connectivity index (χ2n) is 3.56. The van der Waals surface area contributed by atoms with E-state index in [2.05, 4.69) is 6.07 Å². The second-order valence-corrected chi connectivity index (χ2v) is 3.56. The van der Waals surface area contributed by atoms with Crippen LogP contribution in [0.2, 0.25) is 0 Å². The molecule has 0 heterocycles. The highest BCUT2D eigenvalue weighted by Gasteiger charge is 2.24. The van der Waals surface area contributed by atoms with Gasteiger partial charge in [-0.25, -0.2) is 0 Å². The molecule has 0 saturated heterocycles. The Labute approximate surface area is 84.2 Å². The van der Waals surface area contributed by atoms with E-state index in [9.17, 15) is 4.79 Å². The molecule has 1 aromatic carbocycles. The Morgan fingerprint density at radius 1 is 1.43 bits per heavy atom. The number of hydrogen-bond donors (Lipinski definition) is 0. The Hall–Kier alpha value is -1.62. The van der Waals surface area contributed by atoms with Crippen LogP contribution < -0.4 is 0 Å². The number of nitrogens with zero attached hydrogens (tertiary/aromatic N) is 1. The van der Waals surface area contributed by atoms with Crippen molar-refractivity contribution < 1.29 is 4.79 Å². The predicted octanol–water partition coefficient (Wildman–Crippen LogP) is 2.45. The highest BCUT2D eigenvalue weighted by atomic mass is 16.1. The maximum atomic E-state index is 11.0. The van der Waals surface area contributed by atoms with E-state index in [-0.39, 0.29) is 0 Å². The summed E-state index contributed by atoms with van der Waals surface area (Å²) in [7, 11) is 0. The molecule has 0 aliphatic carbocycles. The molecule has 2 nitrogen and oxygen atoms in total. The van der Waals surface area contributed by atoms with Crippen LogP contribution in [0.4, 0.5) is 0 Å². The zero-order chi connectivity index (χ0) is 10.4. The van der Waals surface area contributed by atoms with Crippen LogP contribution in [0.15, 0.2) is 30.3 Å². The van der Waals surface area contributed by atoms with Crippen molar-refractivity contribution in [2.45, 2.75) is 25.2 Å². The topological polar surface area (TPSA) is 40.9 Å². The second kappa shape index (κ2) is 4.57. The fourth-order valence-electron chi connectivity index (χ4n) is 1.41. The fourth-order valence-corrected chi connectivity index (χ4v) is 1.41. The maximum Gasteiger partial charge on any atom is 0.130 e. The van der Waals surface area contributed by atoms with E-state index in [4.69, 9.17) is 5.26 Å². The van der Waals surface area contributed by atoms with Crippen LogP contribution in [0.5, 0.6) is 0 Å². The van der Waals surface area contributed by atoms with Crippen LogP contribution in [0.1, 0.15) is 25.3 Å². The van der Waals surface area contributed by atoms with E-state index in [1.165, 1.54) is 0 Å². The first kappa shape index (κ1) is 10.5. The lowest BCUT2D eigenvalue weighted by Gasteiger charge is -2.21. The number of aldehydes is 1. The van der Waals surface area contributed by atoms with Gasteiger partial charge in [0.15, 0.2) is 0 Å². The normalized spacial score (nSPS) is 14.0. The van der Waals surface area contributed by atoms with Gasteiger partial charge in [-0.15, -0.1) is 0 Å². The summed E-state index contributed by atoms with van der Waals surface area (Å²) >= 11 is 0. The van der Waals surface area contributed by atoms with Gasteiger partial charge in [-0.3, -0.25) is 0 Å². The van der Waals surface area contributed by atoms with Crippen molar-refractivity contribution in [1.29, 1.82) is 5.26 Å². The third-order valence-corrected chi connectivity index (χ3v) is 2.45. The number of carbonyl (C=O) groups excluding carboxylic acids is 1. The van der Waals surface area contributed by atoms with Crippen LogP contribution in [-0.4, -0.2) is 6.29 Å². The van der Waals surface area contributed by atoms with E-state index in [1.54, 1.807) is 0 Å². The molecule has 0 aromatic heterocycles. The molecular weight excluding hydrogens is 174 g/mol. The number of benzene rings is 1. The number of nitriles is 1. The molecule has 14 heavy (non-hydrogen) atoms. The average Bonchev–Trinajstić information content (AvgIpc) is 2.27. The molecule has 1 atom stereocenters. The summed E-state index contributed by atoms with van der Waals surface area (Å²) < 4.78 is 0. The average molecular weight is 187 g/mol. The van der Waals surface area contributed by atoms with Gasteiger partial charge in [0.2, 0.25) is 0 Å². The van der Waals surface area contributed by atoms with Crippen LogP contribution in [0.3, 0.4) is 0 Å². The summed E-state index contributed by atoms with van der Waals surface area (Å²) in [6.45, 7) is 1.87. The summed E-state index contributed by atoms with van der Waals surface area (Å²) in [6, 6.07) is 11.6. The van der Waals surface area contributed by atoms with Crippen molar-refractivity contribution in [3.05, 3.63) is 35.9 Å². The molecule has 0 aliphatic heterocycles. The zero-order valence-electron chi connectivity index (χ0n) is 8.23. The van der Waals surface area contributed by atoms with Gasteiger partial charge >= 0.3 is 0 Å². The minimum absolute atomic E-state index is 0.407. The molecule has 0 N–H and O–H groups in total. The Bertz CT molecular complexity index is 339. The van der Waals surface area contributed by atoms with E-state index in [0.29, 0.717) is 12.8 Å². The summed E-state index contributed by atoms with van der Waals surface area (Å²) in [4.78, 5) is 11.0. The molecule has 1 aromatic rings. The van der Waals surface area contributed by atoms with Gasteiger partial charge in [-0.05, 0) is 18.9 Å². The van der Waals surface area contributed by atoms with Crippen LogP contribution in [-0.2, 0) is 10.2 Å². The first-order valence-electron chi connectivity index (χ1n) is 4.62. The van der Waals surface area contributed by atoms with Crippen LogP contribution in [0.25, 0.3) is 0 Å². The standard InChI is InChI=1S/C12H13NO/c1-12(10-14,8-5-9-13)11-6-3-2-4-7-11/h2-4,6-7,10H,5,8H2,1H3. The van der Waals surface area contributed by atoms with Gasteiger partial charge in [0.25, 0.3) is 0 Å². The number of hydrogen-bond acceptors (Lipinski definition) is 2. The molecule has 0 saturated carbocycles. The van der Waals surface area contributed by atoms with E-state index in [0.717, 1.165) is 11.8 Å². The number of carbonyl (C=O) groups is 1. The molecule has 0 amide bonds. The van der Waals surface area contributed by atoms with Crippen molar-refractivity contribution in [2.75, 3.05) is 0 Å². The third kappa shape index (κ3) is 2.20. The first-order valence-corrected chi connectivity index (χ1v) is 4.62. The predicted molar refractivity (Wildman–Crippen MR) is 54.7 cm³/mol. The van der Waals surface area contributed by atoms with Crippen molar-refractivity contribution in [2.24, 2.45) is 0 Å². The summed E-state index contributed by atoms with van der Waals surface area (Å²) in [5, 5.41) is 8.51. The summed E-state index contributed by atoms with van der Waals surface area (Å²) in [6.07, 6.45) is 1.92. The third-order valence-electron chi connectivity index (χ3n) is 2.45. The molecular formula is C12H13NO. The lowest BCUT2D eigenvalue weighted by atomic mass is 9.80. The minimum atomic E-state index is -0.517. The van der Waals surface area contributed by atoms with Crippen molar-refractivity contribution in [3.8, 4) is 6.07 Å². The SMILES string of the molecule is CC(C=O)(CCC#N)c1ccccc1. The smallest absolute Gasteiger partial charge is 0.130 e. The van der Waals surface area contributed by atoms with Gasteiger partial charge < -0.3 is 4.79 Å². The monoisotopic (exact) mass is 187 g/mol. The van der Waals surface area contributed by atoms with E-state index < -0.39 is 5.41 Å². The van der Waals surface area contributed by atoms with Gasteiger partial charge in [-0.1, -0.05) is 30.3 Å². The minimum Gasteiger partial charge on any atom is -0.302 e. The summed E-state index contributed by atoms with van der Waals surface area (Å²) in [5.74, 6) is 0. The van der Waals surface area contributed by atoms with E-state index in [1.807, 2.05) is 37.3 Å². The fraction of sp³-hybridized carbons (Fsp3) is 0.333. The zero-order valence-corrected chi connectivity index (χ0v) is 8.23. The molecule has 0 aliphatic rings. The van der Waals surface area contributed by atoms with Crippen molar-refractivity contribution in [3.63, 3.8) is 0 Å². The highest BCUT2D eigenvalue weighted by molar-refractivity contribution is 5.67. The lowest BCUT2D eigenvalue weighted by molar-refractivity contribution is -0.112. The Morgan fingerprint density at radius 2 is 2.07 bits per heavy atom. The quantitative estimate of drug-likeness (QED) is 0.679. The highest BCUT2D eigenvalue weighted by Crippen LogP contribution is 2.26. The van der Waals surface area contributed by atoms with Crippen molar-refractivity contribution >= 4 is 6.29 Å². The summed E-state index contributed by atoms with van der Waals surface area (Å²) in [5.41, 5.74) is 0.460. The van der Waals surface area contributed by atoms with Gasteiger partial charge in [0.1, 0.15) is 6.29 Å². The molecule has 0 fully saturated rings. The van der Waals surface area contributed by atoms with Gasteiger partial charge in [0.05, 0.1) is 6.07 Å². The van der Waals surface area contributed by atoms with Gasteiger partial charge in [0, 0.05) is 11.8 Å². The van der Waals surface area contributed by atoms with Crippen LogP contribution in [0, 0.1) is 11.3 Å². The Balaban J connectivity index is 2.91. The molecule has 0 radical (unpaired) electrons. The Morgan fingerprint density at radius 3 is 2.57 bits per heavy atom. The molecule has 2 heteroatoms. The Kier molecular flexibility index (Phi) is 3.41. The maximum absolute atomic E-state index is 11.0. The van der Waals surface area contributed by atoms with Gasteiger partial charge in [-0.2, -0.15) is 5.26 Å². The van der Waals surface area contributed by atoms with E-state index >= 15 is 0 Å². The van der Waals surface area contributed by atoms with Crippen molar-refractivity contribution in [1.82, 2.24) is 0 Å². The molecule has 0 bridgehead atoms. The first-order chi connectivity index (χ1) is 6.73. The largest absolute Gasteiger partial charge is 0.302 e. The number of rotatable bonds is 4. The molecule has 1 rings (SSSR count). The molecule has 1 unspecified atom stereocenters. The molecule has 72 valence electrons. The lowest BCUT2D eigenvalue weighted by Crippen LogP contribution is -2.23. The van der Waals surface area contributed by atoms with Crippen LogP contribution >= 0.6 is 0 Å².